The summed E-state index contributed by atoms with van der Waals surface area (Å²) in [5, 5.41) is 2.95. The van der Waals surface area contributed by atoms with Gasteiger partial charge in [0.15, 0.2) is 0 Å². The number of amides is 2. The predicted octanol–water partition coefficient (Wildman–Crippen LogP) is 2.90. The fourth-order valence-corrected chi connectivity index (χ4v) is 3.41. The Balaban J connectivity index is 1.71. The van der Waals surface area contributed by atoms with Gasteiger partial charge < -0.3 is 15.0 Å². The zero-order chi connectivity index (χ0) is 17.5. The quantitative estimate of drug-likeness (QED) is 0.793. The first-order valence-corrected chi connectivity index (χ1v) is 8.43. The second-order valence-electron chi connectivity index (χ2n) is 7.90. The summed E-state index contributed by atoms with van der Waals surface area (Å²) in [6, 6.07) is 2.09. The molecule has 1 fully saturated rings. The number of carbonyl (C=O) groups is 2. The number of likely N-dealkylation sites (tertiary alicyclic amines) is 1. The summed E-state index contributed by atoms with van der Waals surface area (Å²) in [7, 11) is 0. The molecule has 2 amide bonds. The van der Waals surface area contributed by atoms with Crippen molar-refractivity contribution < 1.29 is 14.3 Å². The summed E-state index contributed by atoms with van der Waals surface area (Å²) in [4.78, 5) is 30.9. The maximum absolute atomic E-state index is 12.6. The molecule has 130 valence electrons. The molecule has 1 N–H and O–H groups in total. The summed E-state index contributed by atoms with van der Waals surface area (Å²) < 4.78 is 5.43. The van der Waals surface area contributed by atoms with Crippen LogP contribution >= 0.6 is 0 Å². The minimum Gasteiger partial charge on any atom is -0.444 e. The molecule has 3 heterocycles. The fourth-order valence-electron chi connectivity index (χ4n) is 3.41. The third-order valence-corrected chi connectivity index (χ3v) is 4.72. The van der Waals surface area contributed by atoms with Gasteiger partial charge in [-0.2, -0.15) is 0 Å². The van der Waals surface area contributed by atoms with Crippen molar-refractivity contribution in [1.82, 2.24) is 9.88 Å². The third-order valence-electron chi connectivity index (χ3n) is 4.72. The lowest BCUT2D eigenvalue weighted by molar-refractivity contribution is -0.129. The zero-order valence-electron chi connectivity index (χ0n) is 14.8. The molecule has 0 aliphatic carbocycles. The molecule has 6 nitrogen and oxygen atoms in total. The van der Waals surface area contributed by atoms with Crippen molar-refractivity contribution in [2.24, 2.45) is 5.41 Å². The summed E-state index contributed by atoms with van der Waals surface area (Å²) in [6.07, 6.45) is 3.44. The molecule has 1 saturated heterocycles. The van der Waals surface area contributed by atoms with Crippen LogP contribution in [0.2, 0.25) is 0 Å². The molecule has 1 aromatic rings. The minimum atomic E-state index is -0.503. The van der Waals surface area contributed by atoms with Gasteiger partial charge in [0.25, 0.3) is 0 Å². The van der Waals surface area contributed by atoms with Crippen LogP contribution in [0.15, 0.2) is 12.3 Å². The number of aryl methyl sites for hydroxylation is 1. The van der Waals surface area contributed by atoms with Gasteiger partial charge in [0.1, 0.15) is 11.4 Å². The molecule has 0 atom stereocenters. The van der Waals surface area contributed by atoms with Gasteiger partial charge in [-0.1, -0.05) is 6.07 Å². The van der Waals surface area contributed by atoms with Gasteiger partial charge in [-0.3, -0.25) is 4.79 Å². The number of ether oxygens (including phenoxy) is 1. The zero-order valence-corrected chi connectivity index (χ0v) is 14.8. The van der Waals surface area contributed by atoms with Crippen LogP contribution < -0.4 is 5.32 Å². The van der Waals surface area contributed by atoms with Gasteiger partial charge in [0.2, 0.25) is 5.91 Å². The molecule has 6 heteroatoms. The van der Waals surface area contributed by atoms with E-state index in [0.717, 1.165) is 11.1 Å². The normalized spacial score (nSPS) is 19.7. The van der Waals surface area contributed by atoms with E-state index >= 15 is 0 Å². The van der Waals surface area contributed by atoms with Crippen molar-refractivity contribution >= 4 is 17.8 Å². The van der Waals surface area contributed by atoms with Gasteiger partial charge in [-0.25, -0.2) is 9.78 Å². The maximum Gasteiger partial charge on any atom is 0.410 e. The molecular formula is C18H25N3O3. The number of nitrogens with zero attached hydrogens (tertiary/aromatic N) is 2. The van der Waals surface area contributed by atoms with Gasteiger partial charge >= 0.3 is 6.09 Å². The largest absolute Gasteiger partial charge is 0.444 e. The third kappa shape index (κ3) is 3.23. The Kier molecular flexibility index (Phi) is 4.01. The van der Waals surface area contributed by atoms with E-state index in [-0.39, 0.29) is 12.0 Å². The van der Waals surface area contributed by atoms with E-state index in [9.17, 15) is 9.59 Å². The molecule has 2 aliphatic heterocycles. The van der Waals surface area contributed by atoms with E-state index in [1.54, 1.807) is 11.1 Å². The summed E-state index contributed by atoms with van der Waals surface area (Å²) in [5.41, 5.74) is 1.23. The summed E-state index contributed by atoms with van der Waals surface area (Å²) in [5.74, 6) is 0.695. The van der Waals surface area contributed by atoms with Crippen LogP contribution in [0.25, 0.3) is 0 Å². The molecule has 3 rings (SSSR count). The van der Waals surface area contributed by atoms with Crippen LogP contribution in [0.3, 0.4) is 0 Å². The number of hydrogen-bond donors (Lipinski definition) is 1. The van der Waals surface area contributed by atoms with Crippen LogP contribution in [0.1, 0.15) is 44.7 Å². The van der Waals surface area contributed by atoms with Crippen molar-refractivity contribution in [3.63, 3.8) is 0 Å². The second-order valence-corrected chi connectivity index (χ2v) is 7.90. The fraction of sp³-hybridized carbons (Fsp3) is 0.611. The highest BCUT2D eigenvalue weighted by atomic mass is 16.6. The number of pyridine rings is 1. The molecule has 0 aromatic carbocycles. The number of hydrogen-bond acceptors (Lipinski definition) is 4. The summed E-state index contributed by atoms with van der Waals surface area (Å²) >= 11 is 0. The summed E-state index contributed by atoms with van der Waals surface area (Å²) in [6.45, 7) is 8.65. The average Bonchev–Trinajstić information content (AvgIpc) is 2.48. The van der Waals surface area contributed by atoms with Crippen LogP contribution in [0, 0.1) is 12.3 Å². The van der Waals surface area contributed by atoms with Crippen LogP contribution in [-0.4, -0.2) is 40.6 Å². The SMILES string of the molecule is Cc1cnc2c(c1)CC1(CCN(C(=O)OC(C)(C)C)CC1)C(=O)N2. The highest BCUT2D eigenvalue weighted by Crippen LogP contribution is 2.41. The minimum absolute atomic E-state index is 0.0233. The Hall–Kier alpha value is -2.11. The van der Waals surface area contributed by atoms with Gasteiger partial charge in [-0.05, 0) is 58.1 Å². The topological polar surface area (TPSA) is 71.5 Å². The molecule has 24 heavy (non-hydrogen) atoms. The van der Waals surface area contributed by atoms with Crippen molar-refractivity contribution in [3.05, 3.63) is 23.4 Å². The number of nitrogens with one attached hydrogen (secondary N) is 1. The molecule has 0 bridgehead atoms. The lowest BCUT2D eigenvalue weighted by Gasteiger charge is -2.43. The highest BCUT2D eigenvalue weighted by molar-refractivity contribution is 5.97. The highest BCUT2D eigenvalue weighted by Gasteiger charge is 2.45. The molecule has 0 radical (unpaired) electrons. The Morgan fingerprint density at radius 2 is 2.00 bits per heavy atom. The number of anilines is 1. The number of piperidine rings is 1. The van der Waals surface area contributed by atoms with Gasteiger partial charge in [0, 0.05) is 19.3 Å². The first-order valence-electron chi connectivity index (χ1n) is 8.43. The number of aromatic nitrogens is 1. The number of carbonyl (C=O) groups excluding carboxylic acids is 2. The lowest BCUT2D eigenvalue weighted by atomic mass is 9.71. The predicted molar refractivity (Wildman–Crippen MR) is 90.8 cm³/mol. The molecular weight excluding hydrogens is 306 g/mol. The molecule has 0 unspecified atom stereocenters. The van der Waals surface area contributed by atoms with E-state index in [4.69, 9.17) is 4.74 Å². The first-order chi connectivity index (χ1) is 11.2. The Morgan fingerprint density at radius 3 is 2.62 bits per heavy atom. The molecule has 1 spiro atoms. The van der Waals surface area contributed by atoms with Crippen LogP contribution in [0.4, 0.5) is 10.6 Å². The van der Waals surface area contributed by atoms with E-state index in [1.165, 1.54) is 0 Å². The monoisotopic (exact) mass is 331 g/mol. The molecule has 1 aromatic heterocycles. The van der Waals surface area contributed by atoms with Crippen molar-refractivity contribution in [3.8, 4) is 0 Å². The van der Waals surface area contributed by atoms with Gasteiger partial charge in [-0.15, -0.1) is 0 Å². The van der Waals surface area contributed by atoms with Crippen LogP contribution in [0.5, 0.6) is 0 Å². The smallest absolute Gasteiger partial charge is 0.410 e. The van der Waals surface area contributed by atoms with Crippen molar-refractivity contribution in [2.75, 3.05) is 18.4 Å². The van der Waals surface area contributed by atoms with E-state index in [2.05, 4.69) is 16.4 Å². The Bertz CT molecular complexity index is 671. The number of fused-ring (bicyclic) bond motifs is 1. The van der Waals surface area contributed by atoms with Gasteiger partial charge in [0.05, 0.1) is 5.41 Å². The van der Waals surface area contributed by atoms with Crippen molar-refractivity contribution in [1.29, 1.82) is 0 Å². The van der Waals surface area contributed by atoms with Crippen molar-refractivity contribution in [2.45, 2.75) is 52.6 Å². The lowest BCUT2D eigenvalue weighted by Crippen LogP contribution is -2.51. The molecule has 2 aliphatic rings. The Morgan fingerprint density at radius 1 is 1.33 bits per heavy atom. The van der Waals surface area contributed by atoms with Crippen LogP contribution in [-0.2, 0) is 16.0 Å². The average molecular weight is 331 g/mol. The first kappa shape index (κ1) is 16.7. The molecule has 0 saturated carbocycles. The van der Waals surface area contributed by atoms with E-state index in [1.807, 2.05) is 27.7 Å². The second kappa shape index (κ2) is 5.76. The number of rotatable bonds is 0. The standard InChI is InChI=1S/C18H25N3O3/c1-12-9-13-10-18(15(22)20-14(13)19-11-12)5-7-21(8-6-18)16(23)24-17(2,3)4/h9,11H,5-8,10H2,1-4H3,(H,19,20,22). The van der Waals surface area contributed by atoms with E-state index < -0.39 is 11.0 Å². The van der Waals surface area contributed by atoms with E-state index in [0.29, 0.717) is 38.2 Å². The Labute approximate surface area is 142 Å². The maximum atomic E-state index is 12.6.